The number of nitrogens with zero attached hydrogens (tertiary/aromatic N) is 1. The van der Waals surface area contributed by atoms with Crippen LogP contribution < -0.4 is 5.73 Å². The summed E-state index contributed by atoms with van der Waals surface area (Å²) >= 11 is 0. The first-order valence-corrected chi connectivity index (χ1v) is 9.20. The molecule has 1 aromatic rings. The highest BCUT2D eigenvalue weighted by Crippen LogP contribution is 2.34. The van der Waals surface area contributed by atoms with Crippen molar-refractivity contribution >= 4 is 18.3 Å². The molecule has 2 N–H and O–H groups in total. The molecule has 3 rings (SSSR count). The molecule has 0 unspecified atom stereocenters. The Morgan fingerprint density at radius 2 is 1.79 bits per heavy atom. The summed E-state index contributed by atoms with van der Waals surface area (Å²) in [6, 6.07) is 10.5. The molecule has 2 fully saturated rings. The predicted octanol–water partition coefficient (Wildman–Crippen LogP) is 3.83. The summed E-state index contributed by atoms with van der Waals surface area (Å²) in [7, 11) is 0. The number of carbonyl (C=O) groups excluding carboxylic acids is 1. The lowest BCUT2D eigenvalue weighted by molar-refractivity contribution is -0.131. The molecule has 0 radical (unpaired) electrons. The highest BCUT2D eigenvalue weighted by molar-refractivity contribution is 5.85. The minimum Gasteiger partial charge on any atom is -0.342 e. The smallest absolute Gasteiger partial charge is 0.222 e. The van der Waals surface area contributed by atoms with Gasteiger partial charge in [0.05, 0.1) is 0 Å². The molecule has 1 saturated heterocycles. The van der Waals surface area contributed by atoms with Crippen LogP contribution in [0.15, 0.2) is 30.3 Å². The first-order valence-electron chi connectivity index (χ1n) is 9.20. The lowest BCUT2D eigenvalue weighted by atomic mass is 9.81. The Labute approximate surface area is 152 Å². The molecule has 1 heterocycles. The van der Waals surface area contributed by atoms with E-state index in [9.17, 15) is 4.79 Å². The summed E-state index contributed by atoms with van der Waals surface area (Å²) in [4.78, 5) is 14.8. The lowest BCUT2D eigenvalue weighted by Crippen LogP contribution is -2.32. The van der Waals surface area contributed by atoms with Crippen molar-refractivity contribution < 1.29 is 4.79 Å². The molecule has 1 aliphatic heterocycles. The summed E-state index contributed by atoms with van der Waals surface area (Å²) in [6.45, 7) is 4.66. The molecular weight excluding hydrogens is 320 g/mol. The van der Waals surface area contributed by atoms with Crippen molar-refractivity contribution in [3.8, 4) is 0 Å². The van der Waals surface area contributed by atoms with Crippen LogP contribution in [0.4, 0.5) is 0 Å². The first kappa shape index (κ1) is 19.3. The third-order valence-corrected chi connectivity index (χ3v) is 5.92. The normalized spacial score (nSPS) is 30.0. The standard InChI is InChI=1S/C20H30N2O.ClH/c1-15-7-9-16(10-8-15)11-20(23)22-13-18(12-21)19(14-22)17-5-3-2-4-6-17;/h2-6,15-16,18-19H,7-14,21H2,1H3;1H/t15?,16?,18-,19+;/m1./s1. The molecule has 2 atom stereocenters. The van der Waals surface area contributed by atoms with Gasteiger partial charge >= 0.3 is 0 Å². The Kier molecular flexibility index (Phi) is 7.12. The number of benzene rings is 1. The van der Waals surface area contributed by atoms with Gasteiger partial charge < -0.3 is 10.6 Å². The number of carbonyl (C=O) groups is 1. The molecule has 24 heavy (non-hydrogen) atoms. The van der Waals surface area contributed by atoms with Gasteiger partial charge in [0.1, 0.15) is 0 Å². The van der Waals surface area contributed by atoms with E-state index < -0.39 is 0 Å². The second kappa shape index (κ2) is 8.87. The van der Waals surface area contributed by atoms with E-state index in [0.29, 0.717) is 30.2 Å². The summed E-state index contributed by atoms with van der Waals surface area (Å²) in [5, 5.41) is 0. The number of amides is 1. The van der Waals surface area contributed by atoms with E-state index in [2.05, 4.69) is 36.1 Å². The number of nitrogens with two attached hydrogens (primary N) is 1. The van der Waals surface area contributed by atoms with Gasteiger partial charge in [-0.15, -0.1) is 12.4 Å². The van der Waals surface area contributed by atoms with Crippen LogP contribution in [-0.4, -0.2) is 30.4 Å². The maximum atomic E-state index is 12.7. The molecule has 0 aromatic heterocycles. The van der Waals surface area contributed by atoms with Crippen LogP contribution in [-0.2, 0) is 4.79 Å². The van der Waals surface area contributed by atoms with Crippen LogP contribution in [0.5, 0.6) is 0 Å². The Balaban J connectivity index is 0.00000208. The summed E-state index contributed by atoms with van der Waals surface area (Å²) < 4.78 is 0. The van der Waals surface area contributed by atoms with Gasteiger partial charge in [0.2, 0.25) is 5.91 Å². The average Bonchev–Trinajstić information content (AvgIpc) is 3.02. The largest absolute Gasteiger partial charge is 0.342 e. The second-order valence-corrected chi connectivity index (χ2v) is 7.64. The van der Waals surface area contributed by atoms with Crippen molar-refractivity contribution in [2.24, 2.45) is 23.5 Å². The zero-order valence-electron chi connectivity index (χ0n) is 14.7. The number of hydrogen-bond acceptors (Lipinski definition) is 2. The van der Waals surface area contributed by atoms with E-state index in [-0.39, 0.29) is 12.4 Å². The van der Waals surface area contributed by atoms with E-state index >= 15 is 0 Å². The predicted molar refractivity (Wildman–Crippen MR) is 101 cm³/mol. The van der Waals surface area contributed by atoms with Crippen LogP contribution in [0.3, 0.4) is 0 Å². The van der Waals surface area contributed by atoms with Gasteiger partial charge in [-0.05, 0) is 42.7 Å². The van der Waals surface area contributed by atoms with E-state index in [1.54, 1.807) is 0 Å². The van der Waals surface area contributed by atoms with Crippen LogP contribution in [0.1, 0.15) is 50.5 Å². The maximum Gasteiger partial charge on any atom is 0.222 e. The quantitative estimate of drug-likeness (QED) is 0.897. The molecule has 3 nitrogen and oxygen atoms in total. The number of halogens is 1. The average molecular weight is 351 g/mol. The fraction of sp³-hybridized carbons (Fsp3) is 0.650. The van der Waals surface area contributed by atoms with Crippen LogP contribution in [0, 0.1) is 17.8 Å². The zero-order chi connectivity index (χ0) is 16.2. The number of rotatable bonds is 4. The fourth-order valence-electron chi connectivity index (χ4n) is 4.30. The van der Waals surface area contributed by atoms with Crippen molar-refractivity contribution in [1.29, 1.82) is 0 Å². The van der Waals surface area contributed by atoms with Crippen molar-refractivity contribution in [3.63, 3.8) is 0 Å². The van der Waals surface area contributed by atoms with Gasteiger partial charge in [0.25, 0.3) is 0 Å². The highest BCUT2D eigenvalue weighted by Gasteiger charge is 2.35. The third kappa shape index (κ3) is 4.52. The summed E-state index contributed by atoms with van der Waals surface area (Å²) in [5.41, 5.74) is 7.31. The van der Waals surface area contributed by atoms with Crippen molar-refractivity contribution in [3.05, 3.63) is 35.9 Å². The molecule has 1 aromatic carbocycles. The maximum absolute atomic E-state index is 12.7. The first-order chi connectivity index (χ1) is 11.2. The third-order valence-electron chi connectivity index (χ3n) is 5.92. The molecule has 1 saturated carbocycles. The van der Waals surface area contributed by atoms with Gasteiger partial charge in [-0.1, -0.05) is 50.1 Å². The summed E-state index contributed by atoms with van der Waals surface area (Å²) in [5.74, 6) is 2.59. The topological polar surface area (TPSA) is 46.3 Å². The van der Waals surface area contributed by atoms with E-state index in [1.165, 1.54) is 31.2 Å². The van der Waals surface area contributed by atoms with E-state index in [0.717, 1.165) is 25.4 Å². The minimum absolute atomic E-state index is 0. The van der Waals surface area contributed by atoms with Crippen molar-refractivity contribution in [1.82, 2.24) is 4.90 Å². The molecule has 1 aliphatic carbocycles. The molecule has 2 aliphatic rings. The molecular formula is C20H31ClN2O. The Morgan fingerprint density at radius 1 is 1.12 bits per heavy atom. The van der Waals surface area contributed by atoms with Crippen LogP contribution in [0.2, 0.25) is 0 Å². The Hall–Kier alpha value is -1.06. The van der Waals surface area contributed by atoms with Crippen LogP contribution in [0.25, 0.3) is 0 Å². The van der Waals surface area contributed by atoms with Crippen LogP contribution >= 0.6 is 12.4 Å². The van der Waals surface area contributed by atoms with Gasteiger partial charge in [0.15, 0.2) is 0 Å². The molecule has 0 spiro atoms. The van der Waals surface area contributed by atoms with Crippen molar-refractivity contribution in [2.45, 2.75) is 44.9 Å². The molecule has 1 amide bonds. The number of likely N-dealkylation sites (tertiary alicyclic amines) is 1. The molecule has 0 bridgehead atoms. The van der Waals surface area contributed by atoms with Gasteiger partial charge in [-0.2, -0.15) is 0 Å². The second-order valence-electron chi connectivity index (χ2n) is 7.64. The zero-order valence-corrected chi connectivity index (χ0v) is 15.5. The fourth-order valence-corrected chi connectivity index (χ4v) is 4.30. The van der Waals surface area contributed by atoms with E-state index in [1.807, 2.05) is 6.07 Å². The Bertz CT molecular complexity index is 514. The monoisotopic (exact) mass is 350 g/mol. The van der Waals surface area contributed by atoms with Gasteiger partial charge in [-0.25, -0.2) is 0 Å². The molecule has 4 heteroatoms. The summed E-state index contributed by atoms with van der Waals surface area (Å²) in [6.07, 6.45) is 5.77. The Morgan fingerprint density at radius 3 is 2.42 bits per heavy atom. The van der Waals surface area contributed by atoms with Crippen molar-refractivity contribution in [2.75, 3.05) is 19.6 Å². The number of hydrogen-bond donors (Lipinski definition) is 1. The lowest BCUT2D eigenvalue weighted by Gasteiger charge is -2.27. The van der Waals surface area contributed by atoms with Gasteiger partial charge in [-0.3, -0.25) is 4.79 Å². The minimum atomic E-state index is 0. The van der Waals surface area contributed by atoms with Gasteiger partial charge in [0, 0.05) is 25.4 Å². The van der Waals surface area contributed by atoms with E-state index in [4.69, 9.17) is 5.73 Å². The highest BCUT2D eigenvalue weighted by atomic mass is 35.5. The SMILES string of the molecule is CC1CCC(CC(=O)N2C[C@@H](CN)[C@H](c3ccccc3)C2)CC1.Cl. The molecule has 134 valence electrons.